The zero-order valence-corrected chi connectivity index (χ0v) is 14.6. The first-order valence-corrected chi connectivity index (χ1v) is 9.43. The van der Waals surface area contributed by atoms with Crippen molar-refractivity contribution in [2.24, 2.45) is 0 Å². The highest BCUT2D eigenvalue weighted by molar-refractivity contribution is 9.10. The molecule has 7 heteroatoms. The van der Waals surface area contributed by atoms with E-state index in [1.54, 1.807) is 24.5 Å². The van der Waals surface area contributed by atoms with Crippen LogP contribution >= 0.6 is 27.5 Å². The van der Waals surface area contributed by atoms with Gasteiger partial charge in [0, 0.05) is 28.1 Å². The van der Waals surface area contributed by atoms with Crippen molar-refractivity contribution in [1.29, 1.82) is 0 Å². The van der Waals surface area contributed by atoms with E-state index in [-0.39, 0.29) is 11.6 Å². The number of alkyl halides is 1. The van der Waals surface area contributed by atoms with E-state index >= 15 is 0 Å². The SMILES string of the molecule is O=S(=O)(Cc1ccccc1)n1cc(CCl)c2cc(Br)cnc21. The van der Waals surface area contributed by atoms with Gasteiger partial charge >= 0.3 is 0 Å². The Bertz CT molecular complexity index is 923. The first-order chi connectivity index (χ1) is 10.5. The van der Waals surface area contributed by atoms with Gasteiger partial charge in [-0.1, -0.05) is 30.3 Å². The molecule has 0 fully saturated rings. The minimum absolute atomic E-state index is 0.0862. The topological polar surface area (TPSA) is 52.0 Å². The molecule has 0 spiro atoms. The van der Waals surface area contributed by atoms with Gasteiger partial charge in [-0.25, -0.2) is 17.4 Å². The van der Waals surface area contributed by atoms with Crippen LogP contribution in [-0.4, -0.2) is 17.4 Å². The van der Waals surface area contributed by atoms with Crippen molar-refractivity contribution >= 4 is 48.6 Å². The molecule has 4 nitrogen and oxygen atoms in total. The van der Waals surface area contributed by atoms with E-state index in [9.17, 15) is 8.42 Å². The molecule has 0 aliphatic rings. The normalized spacial score (nSPS) is 11.9. The Morgan fingerprint density at radius 1 is 1.23 bits per heavy atom. The van der Waals surface area contributed by atoms with Crippen LogP contribution in [0.25, 0.3) is 11.0 Å². The third-order valence-electron chi connectivity index (χ3n) is 3.30. The summed E-state index contributed by atoms with van der Waals surface area (Å²) in [6.45, 7) is 0. The maximum Gasteiger partial charge on any atom is 0.244 e. The van der Waals surface area contributed by atoms with E-state index in [2.05, 4.69) is 20.9 Å². The van der Waals surface area contributed by atoms with Gasteiger partial charge in [0.05, 0.1) is 5.75 Å². The molecule has 0 N–H and O–H groups in total. The Labute approximate surface area is 141 Å². The van der Waals surface area contributed by atoms with Gasteiger partial charge in [-0.2, -0.15) is 0 Å². The largest absolute Gasteiger partial charge is 0.244 e. The van der Waals surface area contributed by atoms with E-state index < -0.39 is 10.0 Å². The van der Waals surface area contributed by atoms with Crippen molar-refractivity contribution in [1.82, 2.24) is 8.96 Å². The highest BCUT2D eigenvalue weighted by Crippen LogP contribution is 2.26. The second-order valence-electron chi connectivity index (χ2n) is 4.85. The zero-order chi connectivity index (χ0) is 15.7. The number of halogens is 2. The first-order valence-electron chi connectivity index (χ1n) is 6.50. The molecule has 0 saturated carbocycles. The van der Waals surface area contributed by atoms with Crippen LogP contribution in [0.5, 0.6) is 0 Å². The fourth-order valence-electron chi connectivity index (χ4n) is 2.29. The average Bonchev–Trinajstić information content (AvgIpc) is 2.86. The van der Waals surface area contributed by atoms with Gasteiger partial charge in [-0.05, 0) is 33.1 Å². The molecule has 0 bridgehead atoms. The Morgan fingerprint density at radius 3 is 2.64 bits per heavy atom. The summed E-state index contributed by atoms with van der Waals surface area (Å²) in [5.41, 5.74) is 1.87. The molecule has 0 atom stereocenters. The number of nitrogens with zero attached hydrogens (tertiary/aromatic N) is 2. The predicted octanol–water partition coefficient (Wildman–Crippen LogP) is 3.92. The van der Waals surface area contributed by atoms with Crippen molar-refractivity contribution in [2.75, 3.05) is 0 Å². The molecule has 3 rings (SSSR count). The summed E-state index contributed by atoms with van der Waals surface area (Å²) in [5.74, 6) is 0.138. The summed E-state index contributed by atoms with van der Waals surface area (Å²) in [6.07, 6.45) is 3.13. The average molecular weight is 400 g/mol. The molecule has 114 valence electrons. The van der Waals surface area contributed by atoms with Crippen LogP contribution in [0, 0.1) is 0 Å². The molecular formula is C15H12BrClN2O2S. The van der Waals surface area contributed by atoms with Gasteiger partial charge in [0.15, 0.2) is 5.65 Å². The Morgan fingerprint density at radius 2 is 1.95 bits per heavy atom. The molecule has 3 aromatic rings. The fourth-order valence-corrected chi connectivity index (χ4v) is 4.28. The van der Waals surface area contributed by atoms with Gasteiger partial charge in [-0.3, -0.25) is 0 Å². The number of rotatable bonds is 4. The van der Waals surface area contributed by atoms with Crippen LogP contribution in [0.4, 0.5) is 0 Å². The lowest BCUT2D eigenvalue weighted by Gasteiger charge is -2.07. The number of fused-ring (bicyclic) bond motifs is 1. The molecule has 0 amide bonds. The maximum atomic E-state index is 12.7. The van der Waals surface area contributed by atoms with Crippen LogP contribution in [0.2, 0.25) is 0 Å². The Hall–Kier alpha value is -1.37. The van der Waals surface area contributed by atoms with Crippen molar-refractivity contribution in [3.05, 3.63) is 64.4 Å². The minimum atomic E-state index is -3.56. The van der Waals surface area contributed by atoms with Crippen molar-refractivity contribution in [3.63, 3.8) is 0 Å². The molecule has 0 radical (unpaired) electrons. The van der Waals surface area contributed by atoms with Crippen molar-refractivity contribution < 1.29 is 8.42 Å². The molecular weight excluding hydrogens is 388 g/mol. The van der Waals surface area contributed by atoms with Gasteiger partial charge in [0.25, 0.3) is 0 Å². The standard InChI is InChI=1S/C15H12BrClN2O2S/c16-13-6-14-12(7-17)9-19(15(14)18-8-13)22(20,21)10-11-4-2-1-3-5-11/h1-6,8-9H,7,10H2. The first kappa shape index (κ1) is 15.5. The highest BCUT2D eigenvalue weighted by Gasteiger charge is 2.20. The van der Waals surface area contributed by atoms with Gasteiger partial charge in [0.2, 0.25) is 10.0 Å². The van der Waals surface area contributed by atoms with Crippen molar-refractivity contribution in [2.45, 2.75) is 11.6 Å². The molecule has 0 aliphatic carbocycles. The van der Waals surface area contributed by atoms with E-state index in [0.29, 0.717) is 5.65 Å². The summed E-state index contributed by atoms with van der Waals surface area (Å²) < 4.78 is 27.4. The van der Waals surface area contributed by atoms with Crippen LogP contribution in [0.15, 0.2) is 53.3 Å². The quantitative estimate of drug-likeness (QED) is 0.625. The molecule has 0 aliphatic heterocycles. The van der Waals surface area contributed by atoms with E-state index in [1.165, 1.54) is 3.97 Å². The third-order valence-corrected chi connectivity index (χ3v) is 5.59. The Balaban J connectivity index is 2.13. The van der Waals surface area contributed by atoms with Crippen molar-refractivity contribution in [3.8, 4) is 0 Å². The zero-order valence-electron chi connectivity index (χ0n) is 11.4. The molecule has 1 aromatic carbocycles. The number of hydrogen-bond acceptors (Lipinski definition) is 3. The van der Waals surface area contributed by atoms with Crippen LogP contribution in [0.1, 0.15) is 11.1 Å². The van der Waals surface area contributed by atoms with Crippen LogP contribution in [-0.2, 0) is 21.7 Å². The fraction of sp³-hybridized carbons (Fsp3) is 0.133. The molecule has 22 heavy (non-hydrogen) atoms. The van der Waals surface area contributed by atoms with E-state index in [1.807, 2.05) is 24.3 Å². The number of benzene rings is 1. The number of hydrogen-bond donors (Lipinski definition) is 0. The summed E-state index contributed by atoms with van der Waals surface area (Å²) in [6, 6.07) is 10.9. The molecule has 2 heterocycles. The second-order valence-corrected chi connectivity index (χ2v) is 7.88. The highest BCUT2D eigenvalue weighted by atomic mass is 79.9. The van der Waals surface area contributed by atoms with E-state index in [0.717, 1.165) is 21.0 Å². The molecule has 0 unspecified atom stereocenters. The Kier molecular flexibility index (Phi) is 4.25. The summed E-state index contributed by atoms with van der Waals surface area (Å²) in [4.78, 5) is 4.24. The lowest BCUT2D eigenvalue weighted by atomic mass is 10.2. The van der Waals surface area contributed by atoms with E-state index in [4.69, 9.17) is 11.6 Å². The summed E-state index contributed by atoms with van der Waals surface area (Å²) >= 11 is 9.28. The lowest BCUT2D eigenvalue weighted by Crippen LogP contribution is -2.14. The van der Waals surface area contributed by atoms with Crippen LogP contribution < -0.4 is 0 Å². The minimum Gasteiger partial charge on any atom is -0.236 e. The second kappa shape index (κ2) is 6.02. The summed E-state index contributed by atoms with van der Waals surface area (Å²) in [7, 11) is -3.56. The smallest absolute Gasteiger partial charge is 0.236 e. The number of aromatic nitrogens is 2. The van der Waals surface area contributed by atoms with Gasteiger partial charge in [-0.15, -0.1) is 11.6 Å². The van der Waals surface area contributed by atoms with Gasteiger partial charge < -0.3 is 0 Å². The molecule has 0 saturated heterocycles. The monoisotopic (exact) mass is 398 g/mol. The lowest BCUT2D eigenvalue weighted by molar-refractivity contribution is 0.588. The summed E-state index contributed by atoms with van der Waals surface area (Å²) in [5, 5.41) is 0.737. The molecule has 2 aromatic heterocycles. The maximum absolute atomic E-state index is 12.7. The number of pyridine rings is 1. The predicted molar refractivity (Wildman–Crippen MR) is 91.5 cm³/mol. The van der Waals surface area contributed by atoms with Crippen LogP contribution in [0.3, 0.4) is 0 Å². The van der Waals surface area contributed by atoms with Gasteiger partial charge in [0.1, 0.15) is 0 Å². The third kappa shape index (κ3) is 2.91.